The molecule has 2 aromatic carbocycles. The van der Waals surface area contributed by atoms with Crippen LogP contribution in [0.2, 0.25) is 0 Å². The summed E-state index contributed by atoms with van der Waals surface area (Å²) in [5.74, 6) is 1.62. The van der Waals surface area contributed by atoms with Gasteiger partial charge in [0.05, 0.1) is 13.2 Å². The fourth-order valence-electron chi connectivity index (χ4n) is 3.33. The molecule has 0 unspecified atom stereocenters. The average molecular weight is 371 g/mol. The van der Waals surface area contributed by atoms with Gasteiger partial charge in [-0.25, -0.2) is 0 Å². The number of ether oxygens (including phenoxy) is 3. The Hall–Kier alpha value is -2.08. The van der Waals surface area contributed by atoms with Crippen molar-refractivity contribution in [3.8, 4) is 11.5 Å². The van der Waals surface area contributed by atoms with Crippen LogP contribution in [0.1, 0.15) is 18.4 Å². The van der Waals surface area contributed by atoms with E-state index in [0.717, 1.165) is 44.0 Å². The molecule has 5 heteroatoms. The molecular weight excluding hydrogens is 342 g/mol. The second-order valence-corrected chi connectivity index (χ2v) is 6.96. The number of aliphatic hydroxyl groups is 1. The summed E-state index contributed by atoms with van der Waals surface area (Å²) in [4.78, 5) is 2.25. The van der Waals surface area contributed by atoms with Gasteiger partial charge >= 0.3 is 0 Å². The molecule has 1 heterocycles. The van der Waals surface area contributed by atoms with Crippen molar-refractivity contribution in [3.63, 3.8) is 0 Å². The highest BCUT2D eigenvalue weighted by atomic mass is 16.5. The summed E-state index contributed by atoms with van der Waals surface area (Å²) in [5.41, 5.74) is 1.19. The van der Waals surface area contributed by atoms with E-state index >= 15 is 0 Å². The van der Waals surface area contributed by atoms with E-state index in [4.69, 9.17) is 14.2 Å². The topological polar surface area (TPSA) is 51.2 Å². The van der Waals surface area contributed by atoms with E-state index in [2.05, 4.69) is 17.0 Å². The molecule has 0 aromatic heterocycles. The van der Waals surface area contributed by atoms with E-state index in [0.29, 0.717) is 6.54 Å². The molecule has 1 aliphatic rings. The monoisotopic (exact) mass is 371 g/mol. The number of nitrogens with zero attached hydrogens (tertiary/aromatic N) is 1. The van der Waals surface area contributed by atoms with Gasteiger partial charge < -0.3 is 19.3 Å². The minimum Gasteiger partial charge on any atom is -0.497 e. The minimum atomic E-state index is -0.565. The van der Waals surface area contributed by atoms with Gasteiger partial charge in [-0.05, 0) is 42.7 Å². The third-order valence-corrected chi connectivity index (χ3v) is 4.71. The highest BCUT2D eigenvalue weighted by Gasteiger charge is 2.21. The third kappa shape index (κ3) is 6.54. The van der Waals surface area contributed by atoms with Crippen LogP contribution in [-0.2, 0) is 11.3 Å². The van der Waals surface area contributed by atoms with Crippen molar-refractivity contribution in [2.24, 2.45) is 0 Å². The molecule has 0 saturated carbocycles. The van der Waals surface area contributed by atoms with Crippen LogP contribution in [-0.4, -0.2) is 55.6 Å². The van der Waals surface area contributed by atoms with E-state index < -0.39 is 6.10 Å². The largest absolute Gasteiger partial charge is 0.497 e. The van der Waals surface area contributed by atoms with Gasteiger partial charge in [-0.3, -0.25) is 4.90 Å². The number of rotatable bonds is 10. The van der Waals surface area contributed by atoms with Crippen molar-refractivity contribution in [1.29, 1.82) is 0 Å². The van der Waals surface area contributed by atoms with Crippen LogP contribution in [0.4, 0.5) is 0 Å². The number of hydrogen-bond acceptors (Lipinski definition) is 5. The standard InChI is InChI=1S/C22H29NO4/c1-25-20-11-9-18(10-12-20)14-23(16-22-8-5-13-26-22)15-19(24)17-27-21-6-3-2-4-7-21/h2-4,6-7,9-12,19,22,24H,5,8,13-17H2,1H3/t19-,22+/m1/s1. The maximum absolute atomic E-state index is 10.5. The summed E-state index contributed by atoms with van der Waals surface area (Å²) in [6.07, 6.45) is 1.87. The third-order valence-electron chi connectivity index (χ3n) is 4.71. The van der Waals surface area contributed by atoms with Crippen LogP contribution >= 0.6 is 0 Å². The number of hydrogen-bond donors (Lipinski definition) is 1. The van der Waals surface area contributed by atoms with Crippen molar-refractivity contribution in [3.05, 3.63) is 60.2 Å². The number of methoxy groups -OCH3 is 1. The van der Waals surface area contributed by atoms with Gasteiger partial charge in [-0.2, -0.15) is 0 Å². The Bertz CT molecular complexity index is 656. The van der Waals surface area contributed by atoms with Crippen molar-refractivity contribution in [2.75, 3.05) is 33.4 Å². The lowest BCUT2D eigenvalue weighted by Crippen LogP contribution is -2.39. The fourth-order valence-corrected chi connectivity index (χ4v) is 3.33. The van der Waals surface area contributed by atoms with Crippen LogP contribution in [0.25, 0.3) is 0 Å². The van der Waals surface area contributed by atoms with Gasteiger partial charge in [0.1, 0.15) is 24.2 Å². The Kier molecular flexibility index (Phi) is 7.51. The molecule has 2 atom stereocenters. The highest BCUT2D eigenvalue weighted by molar-refractivity contribution is 5.27. The second-order valence-electron chi connectivity index (χ2n) is 6.96. The molecule has 27 heavy (non-hydrogen) atoms. The van der Waals surface area contributed by atoms with E-state index in [1.807, 2.05) is 42.5 Å². The maximum Gasteiger partial charge on any atom is 0.119 e. The van der Waals surface area contributed by atoms with Crippen molar-refractivity contribution in [1.82, 2.24) is 4.90 Å². The number of para-hydroxylation sites is 1. The molecule has 1 aliphatic heterocycles. The van der Waals surface area contributed by atoms with Gasteiger partial charge in [0.15, 0.2) is 0 Å². The molecule has 0 spiro atoms. The zero-order valence-electron chi connectivity index (χ0n) is 15.9. The molecule has 3 rings (SSSR count). The summed E-state index contributed by atoms with van der Waals surface area (Å²) in [6, 6.07) is 17.7. The number of aliphatic hydroxyl groups excluding tert-OH is 1. The van der Waals surface area contributed by atoms with E-state index in [1.54, 1.807) is 7.11 Å². The first-order chi connectivity index (χ1) is 13.2. The smallest absolute Gasteiger partial charge is 0.119 e. The molecular formula is C22H29NO4. The minimum absolute atomic E-state index is 0.241. The molecule has 0 aliphatic carbocycles. The summed E-state index contributed by atoms with van der Waals surface area (Å²) in [6.45, 7) is 3.22. The van der Waals surface area contributed by atoms with Gasteiger partial charge in [-0.1, -0.05) is 30.3 Å². The Morgan fingerprint density at radius 1 is 1.11 bits per heavy atom. The molecule has 146 valence electrons. The first-order valence-electron chi connectivity index (χ1n) is 9.56. The lowest BCUT2D eigenvalue weighted by molar-refractivity contribution is 0.0313. The predicted octanol–water partition coefficient (Wildman–Crippen LogP) is 3.12. The molecule has 1 saturated heterocycles. The van der Waals surface area contributed by atoms with E-state index in [1.165, 1.54) is 5.56 Å². The second kappa shape index (κ2) is 10.3. The van der Waals surface area contributed by atoms with Crippen LogP contribution < -0.4 is 9.47 Å². The van der Waals surface area contributed by atoms with Crippen LogP contribution in [0.5, 0.6) is 11.5 Å². The predicted molar refractivity (Wildman–Crippen MR) is 105 cm³/mol. The Balaban J connectivity index is 1.56. The summed E-state index contributed by atoms with van der Waals surface area (Å²) in [7, 11) is 1.67. The maximum atomic E-state index is 10.5. The van der Waals surface area contributed by atoms with Gasteiger partial charge in [-0.15, -0.1) is 0 Å². The van der Waals surface area contributed by atoms with Gasteiger partial charge in [0.25, 0.3) is 0 Å². The molecule has 1 fully saturated rings. The zero-order chi connectivity index (χ0) is 18.9. The molecule has 5 nitrogen and oxygen atoms in total. The van der Waals surface area contributed by atoms with Crippen molar-refractivity contribution in [2.45, 2.75) is 31.6 Å². The van der Waals surface area contributed by atoms with E-state index in [9.17, 15) is 5.11 Å². The Labute approximate surface area is 161 Å². The molecule has 0 amide bonds. The zero-order valence-corrected chi connectivity index (χ0v) is 15.9. The van der Waals surface area contributed by atoms with Gasteiger partial charge in [0, 0.05) is 26.2 Å². The lowest BCUT2D eigenvalue weighted by atomic mass is 10.1. The normalized spacial score (nSPS) is 17.8. The summed E-state index contributed by atoms with van der Waals surface area (Å²) >= 11 is 0. The SMILES string of the molecule is COc1ccc(CN(C[C@@H](O)COc2ccccc2)C[C@@H]2CCCO2)cc1. The Morgan fingerprint density at radius 3 is 2.56 bits per heavy atom. The highest BCUT2D eigenvalue weighted by Crippen LogP contribution is 2.17. The molecule has 0 bridgehead atoms. The first-order valence-corrected chi connectivity index (χ1v) is 9.56. The summed E-state index contributed by atoms with van der Waals surface area (Å²) in [5, 5.41) is 10.5. The van der Waals surface area contributed by atoms with Gasteiger partial charge in [0.2, 0.25) is 0 Å². The van der Waals surface area contributed by atoms with Crippen LogP contribution in [0, 0.1) is 0 Å². The van der Waals surface area contributed by atoms with Crippen molar-refractivity contribution >= 4 is 0 Å². The Morgan fingerprint density at radius 2 is 1.89 bits per heavy atom. The van der Waals surface area contributed by atoms with Crippen molar-refractivity contribution < 1.29 is 19.3 Å². The molecule has 1 N–H and O–H groups in total. The lowest BCUT2D eigenvalue weighted by Gasteiger charge is -2.27. The number of benzene rings is 2. The van der Waals surface area contributed by atoms with Crippen LogP contribution in [0.3, 0.4) is 0 Å². The fraction of sp³-hybridized carbons (Fsp3) is 0.455. The first kappa shape index (κ1) is 19.7. The molecule has 0 radical (unpaired) electrons. The molecule has 2 aromatic rings. The average Bonchev–Trinajstić information content (AvgIpc) is 3.21. The van der Waals surface area contributed by atoms with E-state index in [-0.39, 0.29) is 12.7 Å². The van der Waals surface area contributed by atoms with Crippen LogP contribution in [0.15, 0.2) is 54.6 Å². The summed E-state index contributed by atoms with van der Waals surface area (Å²) < 4.78 is 16.7. The quantitative estimate of drug-likeness (QED) is 0.695.